The van der Waals surface area contributed by atoms with E-state index in [9.17, 15) is 13.6 Å². The van der Waals surface area contributed by atoms with Crippen molar-refractivity contribution in [3.8, 4) is 0 Å². The van der Waals surface area contributed by atoms with Gasteiger partial charge in [0.15, 0.2) is 5.82 Å². The zero-order valence-electron chi connectivity index (χ0n) is 12.1. The average Bonchev–Trinajstić information content (AvgIpc) is 2.40. The number of benzene rings is 1. The zero-order valence-corrected chi connectivity index (χ0v) is 13.7. The molecule has 0 aromatic heterocycles. The van der Waals surface area contributed by atoms with Gasteiger partial charge in [-0.3, -0.25) is 4.79 Å². The summed E-state index contributed by atoms with van der Waals surface area (Å²) in [6, 6.07) is 1.86. The van der Waals surface area contributed by atoms with Crippen LogP contribution in [0, 0.1) is 17.6 Å². The summed E-state index contributed by atoms with van der Waals surface area (Å²) in [5, 5.41) is 2.49. The molecule has 1 atom stereocenters. The topological polar surface area (TPSA) is 55.1 Å². The van der Waals surface area contributed by atoms with Crippen molar-refractivity contribution in [1.82, 2.24) is 0 Å². The minimum atomic E-state index is -0.790. The van der Waals surface area contributed by atoms with Gasteiger partial charge in [0.1, 0.15) is 5.82 Å². The average molecular weight is 363 g/mol. The van der Waals surface area contributed by atoms with Crippen molar-refractivity contribution >= 4 is 27.5 Å². The summed E-state index contributed by atoms with van der Waals surface area (Å²) in [5.74, 6) is -1.35. The van der Waals surface area contributed by atoms with E-state index < -0.39 is 11.6 Å². The number of nitrogens with one attached hydrogen (secondary N) is 1. The quantitative estimate of drug-likeness (QED) is 0.727. The fourth-order valence-electron chi connectivity index (χ4n) is 2.28. The van der Waals surface area contributed by atoms with Crippen LogP contribution in [0.2, 0.25) is 0 Å². The molecule has 0 fully saturated rings. The Labute approximate surface area is 132 Å². The summed E-state index contributed by atoms with van der Waals surface area (Å²) in [4.78, 5) is 11.9. The molecule has 118 valence electrons. The second-order valence-corrected chi connectivity index (χ2v) is 5.92. The lowest BCUT2D eigenvalue weighted by molar-refractivity contribution is -0.116. The Morgan fingerprint density at radius 2 is 2.05 bits per heavy atom. The fourth-order valence-corrected chi connectivity index (χ4v) is 2.78. The number of halogens is 3. The maximum atomic E-state index is 13.6. The molecule has 0 bridgehead atoms. The number of carbonyl (C=O) groups is 1. The highest BCUT2D eigenvalue weighted by Gasteiger charge is 2.14. The van der Waals surface area contributed by atoms with Gasteiger partial charge in [0, 0.05) is 17.0 Å². The van der Waals surface area contributed by atoms with Gasteiger partial charge in [-0.15, -0.1) is 0 Å². The number of amides is 1. The van der Waals surface area contributed by atoms with E-state index in [0.29, 0.717) is 18.9 Å². The van der Waals surface area contributed by atoms with Gasteiger partial charge in [0.05, 0.1) is 5.69 Å². The van der Waals surface area contributed by atoms with Crippen LogP contribution in [-0.4, -0.2) is 12.5 Å². The Morgan fingerprint density at radius 3 is 2.62 bits per heavy atom. The van der Waals surface area contributed by atoms with Crippen LogP contribution in [0.5, 0.6) is 0 Å². The molecule has 0 radical (unpaired) electrons. The number of hydrogen-bond acceptors (Lipinski definition) is 2. The van der Waals surface area contributed by atoms with Gasteiger partial charge >= 0.3 is 0 Å². The van der Waals surface area contributed by atoms with Crippen LogP contribution in [0.25, 0.3) is 0 Å². The monoisotopic (exact) mass is 362 g/mol. The van der Waals surface area contributed by atoms with E-state index in [1.54, 1.807) is 0 Å². The number of rotatable bonds is 8. The standard InChI is InChI=1S/C15H21BrF2N2O/c1-2-3-10(6-7-19)4-5-14(21)20-15-12(16)8-11(17)9-13(15)18/h8-10H,2-7,19H2,1H3,(H,20,21). The first kappa shape index (κ1) is 18.0. The molecule has 1 rings (SSSR count). The van der Waals surface area contributed by atoms with E-state index in [0.717, 1.165) is 37.8 Å². The number of anilines is 1. The molecule has 0 saturated heterocycles. The van der Waals surface area contributed by atoms with Gasteiger partial charge in [-0.1, -0.05) is 19.8 Å². The van der Waals surface area contributed by atoms with E-state index in [2.05, 4.69) is 28.2 Å². The normalized spacial score (nSPS) is 12.2. The van der Waals surface area contributed by atoms with Gasteiger partial charge in [0.2, 0.25) is 5.91 Å². The summed E-state index contributed by atoms with van der Waals surface area (Å²) in [5.41, 5.74) is 5.53. The maximum absolute atomic E-state index is 13.6. The lowest BCUT2D eigenvalue weighted by Crippen LogP contribution is -2.16. The Bertz CT molecular complexity index is 454. The lowest BCUT2D eigenvalue weighted by atomic mass is 9.94. The van der Waals surface area contributed by atoms with Crippen molar-refractivity contribution in [1.29, 1.82) is 0 Å². The molecular formula is C15H21BrF2N2O. The highest BCUT2D eigenvalue weighted by atomic mass is 79.9. The third-order valence-electron chi connectivity index (χ3n) is 3.32. The van der Waals surface area contributed by atoms with Gasteiger partial charge in [0.25, 0.3) is 0 Å². The minimum absolute atomic E-state index is 0.0210. The van der Waals surface area contributed by atoms with E-state index in [1.807, 2.05) is 0 Å². The maximum Gasteiger partial charge on any atom is 0.224 e. The predicted molar refractivity (Wildman–Crippen MR) is 84.0 cm³/mol. The van der Waals surface area contributed by atoms with Crippen LogP contribution in [0.3, 0.4) is 0 Å². The third-order valence-corrected chi connectivity index (χ3v) is 3.95. The van der Waals surface area contributed by atoms with Gasteiger partial charge in [-0.05, 0) is 47.3 Å². The Morgan fingerprint density at radius 1 is 1.33 bits per heavy atom. The largest absolute Gasteiger partial charge is 0.330 e. The van der Waals surface area contributed by atoms with E-state index in [1.165, 1.54) is 0 Å². The molecule has 0 saturated carbocycles. The SMILES string of the molecule is CCCC(CCN)CCC(=O)Nc1c(F)cc(F)cc1Br. The first-order valence-electron chi connectivity index (χ1n) is 7.12. The molecule has 0 aliphatic carbocycles. The summed E-state index contributed by atoms with van der Waals surface area (Å²) in [7, 11) is 0. The smallest absolute Gasteiger partial charge is 0.224 e. The summed E-state index contributed by atoms with van der Waals surface area (Å²) >= 11 is 3.04. The second kappa shape index (κ2) is 9.10. The summed E-state index contributed by atoms with van der Waals surface area (Å²) in [6.07, 6.45) is 3.98. The molecular weight excluding hydrogens is 342 g/mol. The van der Waals surface area contributed by atoms with Crippen molar-refractivity contribution in [2.45, 2.75) is 39.0 Å². The molecule has 1 aromatic carbocycles. The van der Waals surface area contributed by atoms with E-state index in [4.69, 9.17) is 5.73 Å². The number of nitrogens with two attached hydrogens (primary N) is 1. The minimum Gasteiger partial charge on any atom is -0.330 e. The Kier molecular flexibility index (Phi) is 7.82. The predicted octanol–water partition coefficient (Wildman–Crippen LogP) is 4.21. The molecule has 0 spiro atoms. The molecule has 6 heteroatoms. The second-order valence-electron chi connectivity index (χ2n) is 5.06. The molecule has 0 aliphatic heterocycles. The fraction of sp³-hybridized carbons (Fsp3) is 0.533. The highest BCUT2D eigenvalue weighted by molar-refractivity contribution is 9.10. The molecule has 1 unspecified atom stereocenters. The lowest BCUT2D eigenvalue weighted by Gasteiger charge is -2.15. The zero-order chi connectivity index (χ0) is 15.8. The van der Waals surface area contributed by atoms with Gasteiger partial charge in [-0.25, -0.2) is 8.78 Å². The molecule has 21 heavy (non-hydrogen) atoms. The molecule has 3 nitrogen and oxygen atoms in total. The first-order chi connectivity index (χ1) is 9.97. The van der Waals surface area contributed by atoms with Gasteiger partial charge < -0.3 is 11.1 Å². The molecule has 3 N–H and O–H groups in total. The van der Waals surface area contributed by atoms with Crippen molar-refractivity contribution in [3.63, 3.8) is 0 Å². The summed E-state index contributed by atoms with van der Waals surface area (Å²) in [6.45, 7) is 2.69. The highest BCUT2D eigenvalue weighted by Crippen LogP contribution is 2.27. The molecule has 1 aromatic rings. The van der Waals surface area contributed by atoms with Crippen molar-refractivity contribution < 1.29 is 13.6 Å². The van der Waals surface area contributed by atoms with Crippen LogP contribution >= 0.6 is 15.9 Å². The van der Waals surface area contributed by atoms with Crippen molar-refractivity contribution in [3.05, 3.63) is 28.2 Å². The number of carbonyl (C=O) groups excluding carboxylic acids is 1. The molecule has 0 aliphatic rings. The number of hydrogen-bond donors (Lipinski definition) is 2. The first-order valence-corrected chi connectivity index (χ1v) is 7.91. The van der Waals surface area contributed by atoms with Crippen LogP contribution in [0.1, 0.15) is 39.0 Å². The van der Waals surface area contributed by atoms with Crippen molar-refractivity contribution in [2.24, 2.45) is 11.7 Å². The molecule has 0 heterocycles. The van der Waals surface area contributed by atoms with Crippen LogP contribution < -0.4 is 11.1 Å². The van der Waals surface area contributed by atoms with Crippen LogP contribution in [-0.2, 0) is 4.79 Å². The Balaban J connectivity index is 2.57. The van der Waals surface area contributed by atoms with Crippen molar-refractivity contribution in [2.75, 3.05) is 11.9 Å². The third kappa shape index (κ3) is 6.09. The molecule has 1 amide bonds. The Hall–Kier alpha value is -1.01. The van der Waals surface area contributed by atoms with E-state index >= 15 is 0 Å². The van der Waals surface area contributed by atoms with E-state index in [-0.39, 0.29) is 16.1 Å². The van der Waals surface area contributed by atoms with Crippen LogP contribution in [0.15, 0.2) is 16.6 Å². The summed E-state index contributed by atoms with van der Waals surface area (Å²) < 4.78 is 26.8. The van der Waals surface area contributed by atoms with Gasteiger partial charge in [-0.2, -0.15) is 0 Å². The van der Waals surface area contributed by atoms with Crippen LogP contribution in [0.4, 0.5) is 14.5 Å².